The Morgan fingerprint density at radius 1 is 1.08 bits per heavy atom. The lowest BCUT2D eigenvalue weighted by Crippen LogP contribution is -2.31. The van der Waals surface area contributed by atoms with Crippen LogP contribution in [0, 0.1) is 0 Å². The SMILES string of the molecule is Cl.Nc1ccc2c(c1)CCCC2NC(=O)CCC(=O)c1ccccc1. The number of nitrogens with two attached hydrogens (primary N) is 1. The zero-order valence-corrected chi connectivity index (χ0v) is 14.9. The van der Waals surface area contributed by atoms with E-state index in [1.165, 1.54) is 5.56 Å². The topological polar surface area (TPSA) is 72.2 Å². The highest BCUT2D eigenvalue weighted by molar-refractivity contribution is 5.97. The van der Waals surface area contributed by atoms with Gasteiger partial charge in [-0.1, -0.05) is 36.4 Å². The van der Waals surface area contributed by atoms with Crippen molar-refractivity contribution in [1.29, 1.82) is 0 Å². The van der Waals surface area contributed by atoms with E-state index in [0.29, 0.717) is 5.56 Å². The maximum Gasteiger partial charge on any atom is 0.220 e. The minimum absolute atomic E-state index is 0. The van der Waals surface area contributed by atoms with E-state index >= 15 is 0 Å². The number of carbonyl (C=O) groups excluding carboxylic acids is 2. The molecule has 0 radical (unpaired) electrons. The summed E-state index contributed by atoms with van der Waals surface area (Å²) in [6, 6.07) is 15.0. The van der Waals surface area contributed by atoms with Crippen LogP contribution in [0.15, 0.2) is 48.5 Å². The number of rotatable bonds is 5. The van der Waals surface area contributed by atoms with Gasteiger partial charge in [0, 0.05) is 24.1 Å². The molecule has 3 N–H and O–H groups in total. The number of amides is 1. The quantitative estimate of drug-likeness (QED) is 0.630. The number of Topliss-reactive ketones (excluding diaryl/α,β-unsaturated/α-hetero) is 1. The molecular formula is C20H23ClN2O2. The van der Waals surface area contributed by atoms with E-state index in [1.54, 1.807) is 12.1 Å². The van der Waals surface area contributed by atoms with E-state index in [2.05, 4.69) is 5.32 Å². The van der Waals surface area contributed by atoms with E-state index in [0.717, 1.165) is 30.5 Å². The van der Waals surface area contributed by atoms with Crippen molar-refractivity contribution in [2.45, 2.75) is 38.1 Å². The highest BCUT2D eigenvalue weighted by atomic mass is 35.5. The molecule has 0 saturated heterocycles. The minimum Gasteiger partial charge on any atom is -0.399 e. The van der Waals surface area contributed by atoms with Crippen LogP contribution in [-0.4, -0.2) is 11.7 Å². The molecule has 2 aromatic rings. The Morgan fingerprint density at radius 2 is 1.84 bits per heavy atom. The number of hydrogen-bond donors (Lipinski definition) is 2. The van der Waals surface area contributed by atoms with Crippen LogP contribution in [0.1, 0.15) is 53.2 Å². The third-order valence-corrected chi connectivity index (χ3v) is 4.49. The first kappa shape index (κ1) is 19.0. The molecule has 0 spiro atoms. The third kappa shape index (κ3) is 4.83. The van der Waals surface area contributed by atoms with Gasteiger partial charge < -0.3 is 11.1 Å². The summed E-state index contributed by atoms with van der Waals surface area (Å²) >= 11 is 0. The first-order valence-electron chi connectivity index (χ1n) is 8.39. The van der Waals surface area contributed by atoms with Gasteiger partial charge in [0.2, 0.25) is 5.91 Å². The number of aryl methyl sites for hydroxylation is 1. The van der Waals surface area contributed by atoms with Gasteiger partial charge in [0.25, 0.3) is 0 Å². The maximum atomic E-state index is 12.2. The van der Waals surface area contributed by atoms with E-state index in [-0.39, 0.29) is 43.0 Å². The molecule has 2 aromatic carbocycles. The number of fused-ring (bicyclic) bond motifs is 1. The summed E-state index contributed by atoms with van der Waals surface area (Å²) in [6.45, 7) is 0. The van der Waals surface area contributed by atoms with Crippen molar-refractivity contribution in [2.24, 2.45) is 0 Å². The lowest BCUT2D eigenvalue weighted by molar-refractivity contribution is -0.121. The average Bonchev–Trinajstić information content (AvgIpc) is 2.60. The van der Waals surface area contributed by atoms with Crippen molar-refractivity contribution < 1.29 is 9.59 Å². The van der Waals surface area contributed by atoms with Crippen LogP contribution in [0.4, 0.5) is 5.69 Å². The lowest BCUT2D eigenvalue weighted by Gasteiger charge is -2.26. The molecular weight excluding hydrogens is 336 g/mol. The Bertz CT molecular complexity index is 747. The Labute approximate surface area is 154 Å². The number of hydrogen-bond acceptors (Lipinski definition) is 3. The molecule has 1 atom stereocenters. The molecule has 1 aliphatic rings. The summed E-state index contributed by atoms with van der Waals surface area (Å²) in [7, 11) is 0. The molecule has 4 nitrogen and oxygen atoms in total. The predicted molar refractivity (Wildman–Crippen MR) is 102 cm³/mol. The zero-order valence-electron chi connectivity index (χ0n) is 14.0. The number of halogens is 1. The molecule has 1 amide bonds. The van der Waals surface area contributed by atoms with Crippen molar-refractivity contribution in [1.82, 2.24) is 5.32 Å². The van der Waals surface area contributed by atoms with Crippen LogP contribution in [0.2, 0.25) is 0 Å². The van der Waals surface area contributed by atoms with Gasteiger partial charge in [-0.05, 0) is 42.5 Å². The normalized spacial score (nSPS) is 15.6. The molecule has 25 heavy (non-hydrogen) atoms. The number of anilines is 1. The number of carbonyl (C=O) groups is 2. The number of nitrogen functional groups attached to an aromatic ring is 1. The molecule has 0 saturated carbocycles. The second kappa shape index (κ2) is 8.67. The van der Waals surface area contributed by atoms with Crippen LogP contribution >= 0.6 is 12.4 Å². The molecule has 0 aliphatic heterocycles. The zero-order chi connectivity index (χ0) is 16.9. The van der Waals surface area contributed by atoms with Crippen molar-refractivity contribution in [3.05, 3.63) is 65.2 Å². The highest BCUT2D eigenvalue weighted by Crippen LogP contribution is 2.31. The van der Waals surface area contributed by atoms with Crippen LogP contribution in [0.5, 0.6) is 0 Å². The Kier molecular flexibility index (Phi) is 6.59. The molecule has 0 heterocycles. The molecule has 3 rings (SSSR count). The highest BCUT2D eigenvalue weighted by Gasteiger charge is 2.22. The van der Waals surface area contributed by atoms with Gasteiger partial charge in [0.05, 0.1) is 6.04 Å². The fraction of sp³-hybridized carbons (Fsp3) is 0.300. The first-order valence-corrected chi connectivity index (χ1v) is 8.39. The summed E-state index contributed by atoms with van der Waals surface area (Å²) in [4.78, 5) is 24.3. The minimum atomic E-state index is -0.0750. The monoisotopic (exact) mass is 358 g/mol. The smallest absolute Gasteiger partial charge is 0.220 e. The Morgan fingerprint density at radius 3 is 2.60 bits per heavy atom. The van der Waals surface area contributed by atoms with Crippen LogP contribution in [0.25, 0.3) is 0 Å². The summed E-state index contributed by atoms with van der Waals surface area (Å²) < 4.78 is 0. The molecule has 0 fully saturated rings. The standard InChI is InChI=1S/C20H22N2O2.ClH/c21-16-9-10-17-15(13-16)7-4-8-18(17)22-20(24)12-11-19(23)14-5-2-1-3-6-14;/h1-3,5-6,9-10,13,18H,4,7-8,11-12,21H2,(H,22,24);1H. The van der Waals surface area contributed by atoms with Gasteiger partial charge in [0.1, 0.15) is 0 Å². The summed E-state index contributed by atoms with van der Waals surface area (Å²) in [5.74, 6) is -0.0727. The number of ketones is 1. The van der Waals surface area contributed by atoms with E-state index < -0.39 is 0 Å². The molecule has 1 aliphatic carbocycles. The molecule has 1 unspecified atom stereocenters. The number of nitrogens with one attached hydrogen (secondary N) is 1. The molecule has 0 bridgehead atoms. The van der Waals surface area contributed by atoms with Gasteiger partial charge in [-0.15, -0.1) is 12.4 Å². The average molecular weight is 359 g/mol. The van der Waals surface area contributed by atoms with Crippen LogP contribution in [-0.2, 0) is 11.2 Å². The second-order valence-electron chi connectivity index (χ2n) is 6.26. The van der Waals surface area contributed by atoms with E-state index in [9.17, 15) is 9.59 Å². The van der Waals surface area contributed by atoms with Crippen molar-refractivity contribution in [2.75, 3.05) is 5.73 Å². The third-order valence-electron chi connectivity index (χ3n) is 4.49. The van der Waals surface area contributed by atoms with Gasteiger partial charge in [-0.3, -0.25) is 9.59 Å². The first-order chi connectivity index (χ1) is 11.6. The molecule has 5 heteroatoms. The van der Waals surface area contributed by atoms with Gasteiger partial charge >= 0.3 is 0 Å². The largest absolute Gasteiger partial charge is 0.399 e. The van der Waals surface area contributed by atoms with Crippen LogP contribution < -0.4 is 11.1 Å². The van der Waals surface area contributed by atoms with Gasteiger partial charge in [-0.2, -0.15) is 0 Å². The van der Waals surface area contributed by atoms with E-state index in [4.69, 9.17) is 5.73 Å². The Hall–Kier alpha value is -2.33. The van der Waals surface area contributed by atoms with Crippen LogP contribution in [0.3, 0.4) is 0 Å². The van der Waals surface area contributed by atoms with Gasteiger partial charge in [0.15, 0.2) is 5.78 Å². The summed E-state index contributed by atoms with van der Waals surface area (Å²) in [6.07, 6.45) is 3.41. The predicted octanol–water partition coefficient (Wildman–Crippen LogP) is 3.85. The Balaban J connectivity index is 0.00000225. The van der Waals surface area contributed by atoms with Crippen molar-refractivity contribution in [3.63, 3.8) is 0 Å². The fourth-order valence-electron chi connectivity index (χ4n) is 3.25. The van der Waals surface area contributed by atoms with Gasteiger partial charge in [-0.25, -0.2) is 0 Å². The molecule has 0 aromatic heterocycles. The maximum absolute atomic E-state index is 12.2. The van der Waals surface area contributed by atoms with Crippen molar-refractivity contribution >= 4 is 29.8 Å². The molecule has 132 valence electrons. The summed E-state index contributed by atoms with van der Waals surface area (Å²) in [5, 5.41) is 3.07. The van der Waals surface area contributed by atoms with Crippen molar-refractivity contribution in [3.8, 4) is 0 Å². The second-order valence-corrected chi connectivity index (χ2v) is 6.26. The fourth-order valence-corrected chi connectivity index (χ4v) is 3.25. The summed E-state index contributed by atoms with van der Waals surface area (Å²) in [5.41, 5.74) is 9.62. The van der Waals surface area contributed by atoms with E-state index in [1.807, 2.05) is 36.4 Å². The lowest BCUT2D eigenvalue weighted by atomic mass is 9.87. The number of benzene rings is 2.